The first kappa shape index (κ1) is 15.0. The minimum Gasteiger partial charge on any atom is -0.321 e. The maximum absolute atomic E-state index is 12.1. The second kappa shape index (κ2) is 6.85. The van der Waals surface area contributed by atoms with Crippen molar-refractivity contribution in [2.75, 3.05) is 5.32 Å². The van der Waals surface area contributed by atoms with Gasteiger partial charge in [0.15, 0.2) is 0 Å². The quantitative estimate of drug-likeness (QED) is 0.461. The molecule has 0 fully saturated rings. The van der Waals surface area contributed by atoms with E-state index in [9.17, 15) is 4.79 Å². The van der Waals surface area contributed by atoms with Crippen molar-refractivity contribution in [3.63, 3.8) is 0 Å². The molecule has 0 saturated heterocycles. The second-order valence-electron chi connectivity index (χ2n) is 3.91. The molecule has 0 unspecified atom stereocenters. The van der Waals surface area contributed by atoms with Gasteiger partial charge in [-0.25, -0.2) is 0 Å². The Morgan fingerprint density at radius 3 is 2.47 bits per heavy atom. The van der Waals surface area contributed by atoms with Gasteiger partial charge < -0.3 is 5.32 Å². The third-order valence-electron chi connectivity index (χ3n) is 2.55. The lowest BCUT2D eigenvalue weighted by atomic mass is 10.1. The van der Waals surface area contributed by atoms with E-state index in [1.54, 1.807) is 0 Å². The monoisotopic (exact) mass is 493 g/mol. The zero-order chi connectivity index (χ0) is 13.8. The van der Waals surface area contributed by atoms with Crippen molar-refractivity contribution in [3.8, 4) is 0 Å². The van der Waals surface area contributed by atoms with Crippen molar-refractivity contribution in [2.45, 2.75) is 5.33 Å². The molecule has 0 atom stereocenters. The fourth-order valence-electron chi connectivity index (χ4n) is 1.53. The Morgan fingerprint density at radius 1 is 1.16 bits per heavy atom. The van der Waals surface area contributed by atoms with Gasteiger partial charge in [0.25, 0.3) is 5.91 Å². The van der Waals surface area contributed by atoms with E-state index in [4.69, 9.17) is 0 Å². The molecular weight excluding hydrogens is 485 g/mol. The standard InChI is InChI=1S/C14H10Br2INO/c15-8-9-1-3-10(4-2-9)14(19)18-13-7-11(16)5-6-12(13)17/h1-7H,8H2,(H,18,19). The van der Waals surface area contributed by atoms with E-state index in [1.165, 1.54) is 0 Å². The number of alkyl halides is 1. The van der Waals surface area contributed by atoms with E-state index >= 15 is 0 Å². The molecule has 2 aromatic rings. The topological polar surface area (TPSA) is 29.1 Å². The summed E-state index contributed by atoms with van der Waals surface area (Å²) >= 11 is 8.98. The molecule has 0 aromatic heterocycles. The zero-order valence-electron chi connectivity index (χ0n) is 9.79. The molecular formula is C14H10Br2INO. The summed E-state index contributed by atoms with van der Waals surface area (Å²) < 4.78 is 1.95. The number of amides is 1. The third-order valence-corrected chi connectivity index (χ3v) is 4.63. The lowest BCUT2D eigenvalue weighted by Crippen LogP contribution is -2.12. The predicted octanol–water partition coefficient (Wildman–Crippen LogP) is 5.20. The van der Waals surface area contributed by atoms with Crippen molar-refractivity contribution in [3.05, 3.63) is 61.6 Å². The van der Waals surface area contributed by atoms with Crippen LogP contribution in [0.1, 0.15) is 15.9 Å². The number of carbonyl (C=O) groups is 1. The minimum atomic E-state index is -0.0999. The van der Waals surface area contributed by atoms with E-state index in [1.807, 2.05) is 42.5 Å². The van der Waals surface area contributed by atoms with E-state index in [-0.39, 0.29) is 5.91 Å². The predicted molar refractivity (Wildman–Crippen MR) is 93.9 cm³/mol. The highest BCUT2D eigenvalue weighted by atomic mass is 127. The molecule has 2 nitrogen and oxygen atoms in total. The van der Waals surface area contributed by atoms with Gasteiger partial charge in [-0.1, -0.05) is 44.0 Å². The summed E-state index contributed by atoms with van der Waals surface area (Å²) in [6.07, 6.45) is 0. The van der Waals surface area contributed by atoms with Crippen LogP contribution in [0, 0.1) is 3.57 Å². The summed E-state index contributed by atoms with van der Waals surface area (Å²) in [6.45, 7) is 0. The number of rotatable bonds is 3. The van der Waals surface area contributed by atoms with Gasteiger partial charge in [-0.2, -0.15) is 0 Å². The van der Waals surface area contributed by atoms with Crippen LogP contribution in [0.15, 0.2) is 46.9 Å². The molecule has 1 amide bonds. The van der Waals surface area contributed by atoms with E-state index in [2.05, 4.69) is 59.8 Å². The second-order valence-corrected chi connectivity index (χ2v) is 6.55. The van der Waals surface area contributed by atoms with E-state index < -0.39 is 0 Å². The maximum atomic E-state index is 12.1. The molecule has 0 spiro atoms. The minimum absolute atomic E-state index is 0.0999. The van der Waals surface area contributed by atoms with Crippen LogP contribution in [0.25, 0.3) is 0 Å². The van der Waals surface area contributed by atoms with Gasteiger partial charge in [-0.15, -0.1) is 0 Å². The largest absolute Gasteiger partial charge is 0.321 e. The van der Waals surface area contributed by atoms with Crippen molar-refractivity contribution < 1.29 is 4.79 Å². The fourth-order valence-corrected chi connectivity index (χ4v) is 2.74. The van der Waals surface area contributed by atoms with Crippen LogP contribution in [0.4, 0.5) is 5.69 Å². The first-order valence-corrected chi connectivity index (χ1v) is 8.51. The van der Waals surface area contributed by atoms with E-state index in [0.29, 0.717) is 5.56 Å². The van der Waals surface area contributed by atoms with Gasteiger partial charge in [0, 0.05) is 18.9 Å². The fraction of sp³-hybridized carbons (Fsp3) is 0.0714. The van der Waals surface area contributed by atoms with Crippen LogP contribution < -0.4 is 5.32 Å². The van der Waals surface area contributed by atoms with Gasteiger partial charge in [-0.05, 0) is 58.5 Å². The summed E-state index contributed by atoms with van der Waals surface area (Å²) in [5, 5.41) is 3.71. The highest BCUT2D eigenvalue weighted by molar-refractivity contribution is 14.1. The molecule has 98 valence electrons. The lowest BCUT2D eigenvalue weighted by Gasteiger charge is -2.08. The van der Waals surface area contributed by atoms with Crippen molar-refractivity contribution in [2.24, 2.45) is 0 Å². The van der Waals surface area contributed by atoms with Crippen molar-refractivity contribution in [1.82, 2.24) is 0 Å². The molecule has 5 heteroatoms. The van der Waals surface area contributed by atoms with Gasteiger partial charge in [0.1, 0.15) is 0 Å². The van der Waals surface area contributed by atoms with Gasteiger partial charge >= 0.3 is 0 Å². The van der Waals surface area contributed by atoms with Crippen LogP contribution in [-0.2, 0) is 5.33 Å². The Labute approximate surface area is 142 Å². The van der Waals surface area contributed by atoms with Crippen LogP contribution in [0.3, 0.4) is 0 Å². The molecule has 0 aliphatic heterocycles. The lowest BCUT2D eigenvalue weighted by molar-refractivity contribution is 0.102. The van der Waals surface area contributed by atoms with E-state index in [0.717, 1.165) is 24.6 Å². The Balaban J connectivity index is 2.18. The van der Waals surface area contributed by atoms with Crippen LogP contribution >= 0.6 is 54.5 Å². The first-order valence-electron chi connectivity index (χ1n) is 5.51. The molecule has 0 heterocycles. The number of nitrogens with one attached hydrogen (secondary N) is 1. The average Bonchev–Trinajstić information content (AvgIpc) is 2.43. The zero-order valence-corrected chi connectivity index (χ0v) is 15.1. The number of carbonyl (C=O) groups excluding carboxylic acids is 1. The van der Waals surface area contributed by atoms with Gasteiger partial charge in [0.2, 0.25) is 0 Å². The number of halogens is 3. The molecule has 0 bridgehead atoms. The molecule has 2 rings (SSSR count). The van der Waals surface area contributed by atoms with Crippen molar-refractivity contribution >= 4 is 66.0 Å². The maximum Gasteiger partial charge on any atom is 0.255 e. The number of hydrogen-bond acceptors (Lipinski definition) is 1. The van der Waals surface area contributed by atoms with Gasteiger partial charge in [0.05, 0.1) is 5.69 Å². The number of anilines is 1. The summed E-state index contributed by atoms with van der Waals surface area (Å²) in [4.78, 5) is 12.1. The van der Waals surface area contributed by atoms with Crippen LogP contribution in [0.5, 0.6) is 0 Å². The SMILES string of the molecule is O=C(Nc1cc(Br)ccc1I)c1ccc(CBr)cc1. The number of hydrogen-bond donors (Lipinski definition) is 1. The summed E-state index contributed by atoms with van der Waals surface area (Å²) in [5.74, 6) is -0.0999. The first-order chi connectivity index (χ1) is 9.10. The molecule has 0 radical (unpaired) electrons. The Bertz CT molecular complexity index is 599. The molecule has 1 N–H and O–H groups in total. The van der Waals surface area contributed by atoms with Gasteiger partial charge in [-0.3, -0.25) is 4.79 Å². The molecule has 0 saturated carbocycles. The summed E-state index contributed by atoms with van der Waals surface area (Å²) in [6, 6.07) is 13.3. The molecule has 2 aromatic carbocycles. The normalized spacial score (nSPS) is 10.3. The van der Waals surface area contributed by atoms with Crippen molar-refractivity contribution in [1.29, 1.82) is 0 Å². The van der Waals surface area contributed by atoms with Crippen LogP contribution in [0.2, 0.25) is 0 Å². The smallest absolute Gasteiger partial charge is 0.255 e. The summed E-state index contributed by atoms with van der Waals surface area (Å²) in [7, 11) is 0. The highest BCUT2D eigenvalue weighted by Crippen LogP contribution is 2.23. The molecule has 0 aliphatic rings. The molecule has 19 heavy (non-hydrogen) atoms. The third kappa shape index (κ3) is 4.03. The highest BCUT2D eigenvalue weighted by Gasteiger charge is 2.08. The Kier molecular flexibility index (Phi) is 5.41. The average molecular weight is 495 g/mol. The number of benzene rings is 2. The molecule has 0 aliphatic carbocycles. The Morgan fingerprint density at radius 2 is 1.84 bits per heavy atom. The Hall–Kier alpha value is -0.400. The summed E-state index contributed by atoms with van der Waals surface area (Å²) in [5.41, 5.74) is 2.61. The van der Waals surface area contributed by atoms with Crippen LogP contribution in [-0.4, -0.2) is 5.91 Å².